The second-order valence-corrected chi connectivity index (χ2v) is 19.4. The van der Waals surface area contributed by atoms with E-state index in [1.54, 1.807) is 0 Å². The van der Waals surface area contributed by atoms with Gasteiger partial charge in [-0.3, -0.25) is 0 Å². The Labute approximate surface area is 338 Å². The van der Waals surface area contributed by atoms with Gasteiger partial charge < -0.3 is 9.80 Å². The molecular formula is C54H62N2. The van der Waals surface area contributed by atoms with Gasteiger partial charge >= 0.3 is 0 Å². The molecule has 0 spiro atoms. The van der Waals surface area contributed by atoms with Crippen LogP contribution >= 0.6 is 0 Å². The fraction of sp³-hybridized carbons (Fsp3) is 0.296. The monoisotopic (exact) mass is 738 g/mol. The van der Waals surface area contributed by atoms with Crippen molar-refractivity contribution < 1.29 is 0 Å². The maximum Gasteiger partial charge on any atom is 0.0462 e. The van der Waals surface area contributed by atoms with E-state index in [4.69, 9.17) is 0 Å². The maximum atomic E-state index is 2.35. The molecule has 6 rings (SSSR count). The van der Waals surface area contributed by atoms with Crippen LogP contribution in [0.4, 0.5) is 34.1 Å². The quantitative estimate of drug-likeness (QED) is 0.143. The number of benzene rings is 6. The third-order valence-electron chi connectivity index (χ3n) is 10.7. The van der Waals surface area contributed by atoms with Crippen molar-refractivity contribution in [1.82, 2.24) is 0 Å². The first-order chi connectivity index (χ1) is 26.3. The smallest absolute Gasteiger partial charge is 0.0462 e. The van der Waals surface area contributed by atoms with Crippen LogP contribution in [0.2, 0.25) is 0 Å². The van der Waals surface area contributed by atoms with Crippen molar-refractivity contribution in [2.24, 2.45) is 0 Å². The second-order valence-electron chi connectivity index (χ2n) is 19.4. The van der Waals surface area contributed by atoms with Gasteiger partial charge in [-0.1, -0.05) is 168 Å². The van der Waals surface area contributed by atoms with E-state index in [0.717, 1.165) is 45.3 Å². The third-order valence-corrected chi connectivity index (χ3v) is 10.7. The molecule has 0 fully saturated rings. The molecule has 2 heteroatoms. The van der Waals surface area contributed by atoms with E-state index in [-0.39, 0.29) is 21.7 Å². The molecule has 0 aliphatic rings. The molecule has 0 saturated heterocycles. The Hall–Kier alpha value is -5.34. The number of anilines is 6. The van der Waals surface area contributed by atoms with Crippen LogP contribution in [-0.4, -0.2) is 0 Å². The summed E-state index contributed by atoms with van der Waals surface area (Å²) < 4.78 is 0. The van der Waals surface area contributed by atoms with Gasteiger partial charge in [-0.2, -0.15) is 0 Å². The standard InChI is InChI=1S/C54H62N2/c1-51(2,3)41-19-31-47(32-20-41)55(48-33-21-42(22-34-48)52(4,5)6)45-27-15-39(16-28-45)13-14-40-17-29-46(30-18-40)56(49-35-23-43(24-36-49)53(7,8)9)50-37-25-44(26-38-50)54(10,11)12/h13-38H,1-12H3. The molecule has 2 nitrogen and oxygen atoms in total. The van der Waals surface area contributed by atoms with Crippen LogP contribution in [0, 0.1) is 0 Å². The molecule has 288 valence electrons. The lowest BCUT2D eigenvalue weighted by atomic mass is 9.86. The summed E-state index contributed by atoms with van der Waals surface area (Å²) in [5, 5.41) is 0. The zero-order valence-corrected chi connectivity index (χ0v) is 35.9. The van der Waals surface area contributed by atoms with E-state index in [0.29, 0.717) is 0 Å². The second kappa shape index (κ2) is 15.7. The number of hydrogen-bond donors (Lipinski definition) is 0. The van der Waals surface area contributed by atoms with Crippen molar-refractivity contribution in [1.29, 1.82) is 0 Å². The van der Waals surface area contributed by atoms with Crippen LogP contribution in [0.3, 0.4) is 0 Å². The summed E-state index contributed by atoms with van der Waals surface area (Å²) in [6.45, 7) is 27.2. The topological polar surface area (TPSA) is 6.48 Å². The summed E-state index contributed by atoms with van der Waals surface area (Å²) in [7, 11) is 0. The summed E-state index contributed by atoms with van der Waals surface area (Å²) in [6, 6.07) is 53.9. The van der Waals surface area contributed by atoms with Gasteiger partial charge in [0, 0.05) is 34.1 Å². The van der Waals surface area contributed by atoms with E-state index < -0.39 is 0 Å². The first-order valence-electron chi connectivity index (χ1n) is 20.2. The van der Waals surface area contributed by atoms with Crippen LogP contribution in [0.25, 0.3) is 12.2 Å². The molecule has 0 saturated carbocycles. The average molecular weight is 739 g/mol. The molecule has 0 amide bonds. The fourth-order valence-electron chi connectivity index (χ4n) is 7.00. The lowest BCUT2D eigenvalue weighted by Crippen LogP contribution is -2.14. The Bertz CT molecular complexity index is 1930. The normalized spacial score (nSPS) is 12.6. The average Bonchev–Trinajstić information content (AvgIpc) is 3.15. The highest BCUT2D eigenvalue weighted by molar-refractivity contribution is 5.80. The molecule has 56 heavy (non-hydrogen) atoms. The minimum absolute atomic E-state index is 0.0993. The van der Waals surface area contributed by atoms with Gasteiger partial charge in [0.05, 0.1) is 0 Å². The molecule has 0 aromatic heterocycles. The van der Waals surface area contributed by atoms with Crippen LogP contribution in [0.1, 0.15) is 116 Å². The minimum Gasteiger partial charge on any atom is -0.311 e. The molecule has 0 unspecified atom stereocenters. The van der Waals surface area contributed by atoms with Gasteiger partial charge in [0.2, 0.25) is 0 Å². The van der Waals surface area contributed by atoms with E-state index in [1.807, 2.05) is 0 Å². The van der Waals surface area contributed by atoms with Crippen molar-refractivity contribution in [2.45, 2.75) is 105 Å². The fourth-order valence-corrected chi connectivity index (χ4v) is 7.00. The Morgan fingerprint density at radius 2 is 0.411 bits per heavy atom. The Morgan fingerprint density at radius 3 is 0.571 bits per heavy atom. The van der Waals surface area contributed by atoms with E-state index in [1.165, 1.54) is 22.3 Å². The Balaban J connectivity index is 1.26. The van der Waals surface area contributed by atoms with Gasteiger partial charge in [0.15, 0.2) is 0 Å². The van der Waals surface area contributed by atoms with Crippen LogP contribution in [0.15, 0.2) is 146 Å². The molecule has 0 heterocycles. The van der Waals surface area contributed by atoms with E-state index >= 15 is 0 Å². The van der Waals surface area contributed by atoms with E-state index in [9.17, 15) is 0 Å². The predicted octanol–water partition coefficient (Wildman–Crippen LogP) is 16.0. The minimum atomic E-state index is 0.0993. The summed E-state index contributed by atoms with van der Waals surface area (Å²) in [5.74, 6) is 0. The zero-order chi connectivity index (χ0) is 40.5. The highest BCUT2D eigenvalue weighted by atomic mass is 15.1. The number of rotatable bonds is 8. The molecular weight excluding hydrogens is 677 g/mol. The van der Waals surface area contributed by atoms with Gasteiger partial charge in [-0.15, -0.1) is 0 Å². The first kappa shape index (κ1) is 40.3. The third kappa shape index (κ3) is 9.54. The molecule has 6 aromatic carbocycles. The maximum absolute atomic E-state index is 2.35. The molecule has 0 aliphatic carbocycles. The number of nitrogens with zero attached hydrogens (tertiary/aromatic N) is 2. The highest BCUT2D eigenvalue weighted by Crippen LogP contribution is 2.39. The lowest BCUT2D eigenvalue weighted by molar-refractivity contribution is 0.590. The molecule has 0 atom stereocenters. The largest absolute Gasteiger partial charge is 0.311 e. The Morgan fingerprint density at radius 1 is 0.250 bits per heavy atom. The van der Waals surface area contributed by atoms with E-state index in [2.05, 4.69) is 251 Å². The summed E-state index contributed by atoms with van der Waals surface area (Å²) >= 11 is 0. The van der Waals surface area contributed by atoms with Crippen LogP contribution in [0.5, 0.6) is 0 Å². The summed E-state index contributed by atoms with van der Waals surface area (Å²) in [4.78, 5) is 4.70. The van der Waals surface area contributed by atoms with Crippen molar-refractivity contribution in [3.8, 4) is 0 Å². The van der Waals surface area contributed by atoms with Crippen LogP contribution in [-0.2, 0) is 21.7 Å². The van der Waals surface area contributed by atoms with Crippen molar-refractivity contribution in [2.75, 3.05) is 9.80 Å². The molecule has 6 aromatic rings. The van der Waals surface area contributed by atoms with Crippen molar-refractivity contribution in [3.63, 3.8) is 0 Å². The van der Waals surface area contributed by atoms with Gasteiger partial charge in [-0.05, 0) is 128 Å². The number of hydrogen-bond acceptors (Lipinski definition) is 2. The summed E-state index contributed by atoms with van der Waals surface area (Å²) in [6.07, 6.45) is 4.40. The van der Waals surface area contributed by atoms with Gasteiger partial charge in [0.25, 0.3) is 0 Å². The molecule has 0 radical (unpaired) electrons. The van der Waals surface area contributed by atoms with Crippen molar-refractivity contribution >= 4 is 46.3 Å². The molecule has 0 aliphatic heterocycles. The SMILES string of the molecule is CC(C)(C)c1ccc(N(c2ccc(C=Cc3ccc(N(c4ccc(C(C)(C)C)cc4)c4ccc(C(C)(C)C)cc4)cc3)cc2)c2ccc(C(C)(C)C)cc2)cc1. The first-order valence-corrected chi connectivity index (χ1v) is 20.2. The highest BCUT2D eigenvalue weighted by Gasteiger charge is 2.20. The van der Waals surface area contributed by atoms with Gasteiger partial charge in [0.1, 0.15) is 0 Å². The van der Waals surface area contributed by atoms with Crippen LogP contribution < -0.4 is 9.80 Å². The lowest BCUT2D eigenvalue weighted by Gasteiger charge is -2.28. The van der Waals surface area contributed by atoms with Crippen molar-refractivity contribution in [3.05, 3.63) is 179 Å². The molecule has 0 bridgehead atoms. The molecule has 0 N–H and O–H groups in total. The zero-order valence-electron chi connectivity index (χ0n) is 35.9. The Kier molecular flexibility index (Phi) is 11.3. The summed E-state index contributed by atoms with van der Waals surface area (Å²) in [5.41, 5.74) is 14.9. The predicted molar refractivity (Wildman–Crippen MR) is 246 cm³/mol. The van der Waals surface area contributed by atoms with Gasteiger partial charge in [-0.25, -0.2) is 0 Å².